The first-order chi connectivity index (χ1) is 18.7. The molecule has 3 atom stereocenters. The molecule has 3 aromatic carbocycles. The lowest BCUT2D eigenvalue weighted by Gasteiger charge is -2.31. The number of likely N-dealkylation sites (tertiary alicyclic amines) is 1. The number of amides is 3. The lowest BCUT2D eigenvalue weighted by Crippen LogP contribution is -2.53. The fourth-order valence-corrected chi connectivity index (χ4v) is 5.60. The van der Waals surface area contributed by atoms with Crippen LogP contribution in [-0.4, -0.2) is 47.9 Å². The highest BCUT2D eigenvalue weighted by molar-refractivity contribution is 5.97. The van der Waals surface area contributed by atoms with Crippen molar-refractivity contribution in [3.8, 4) is 17.2 Å². The third kappa shape index (κ3) is 5.32. The number of para-hydroxylation sites is 1. The van der Waals surface area contributed by atoms with Gasteiger partial charge in [0.15, 0.2) is 0 Å². The lowest BCUT2D eigenvalue weighted by atomic mass is 10.00. The lowest BCUT2D eigenvalue weighted by molar-refractivity contribution is -0.141. The van der Waals surface area contributed by atoms with Gasteiger partial charge in [-0.15, -0.1) is 0 Å². The van der Waals surface area contributed by atoms with E-state index >= 15 is 0 Å². The van der Waals surface area contributed by atoms with Crippen molar-refractivity contribution in [1.29, 1.82) is 0 Å². The zero-order valence-electron chi connectivity index (χ0n) is 22.4. The Balaban J connectivity index is 1.18. The molecule has 8 heteroatoms. The summed E-state index contributed by atoms with van der Waals surface area (Å²) in [5.74, 6) is 1.24. The minimum Gasteiger partial charge on any atom is -0.497 e. The monoisotopic (exact) mass is 527 g/mol. The van der Waals surface area contributed by atoms with Gasteiger partial charge in [0.25, 0.3) is 5.91 Å². The maximum atomic E-state index is 13.4. The van der Waals surface area contributed by atoms with E-state index in [1.54, 1.807) is 36.3 Å². The van der Waals surface area contributed by atoms with Gasteiger partial charge in [0, 0.05) is 17.6 Å². The number of nitrogens with one attached hydrogen (secondary N) is 2. The third-order valence-corrected chi connectivity index (χ3v) is 8.09. The molecule has 1 heterocycles. The first-order valence-electron chi connectivity index (χ1n) is 13.1. The number of benzene rings is 3. The molecule has 2 fully saturated rings. The Hall–Kier alpha value is -4.33. The van der Waals surface area contributed by atoms with Crippen LogP contribution in [0.2, 0.25) is 0 Å². The number of rotatable bonds is 9. The molecule has 0 spiro atoms. The predicted octanol–water partition coefficient (Wildman–Crippen LogP) is 4.30. The van der Waals surface area contributed by atoms with E-state index in [9.17, 15) is 14.4 Å². The molecule has 3 amide bonds. The van der Waals surface area contributed by atoms with Crippen molar-refractivity contribution >= 4 is 17.7 Å². The summed E-state index contributed by atoms with van der Waals surface area (Å²) in [4.78, 5) is 41.0. The van der Waals surface area contributed by atoms with Crippen LogP contribution in [0.4, 0.5) is 0 Å². The van der Waals surface area contributed by atoms with Gasteiger partial charge in [-0.2, -0.15) is 0 Å². The zero-order chi connectivity index (χ0) is 27.6. The second-order valence-electron chi connectivity index (χ2n) is 10.7. The highest BCUT2D eigenvalue weighted by atomic mass is 16.5. The van der Waals surface area contributed by atoms with Crippen molar-refractivity contribution in [3.05, 3.63) is 90.0 Å². The summed E-state index contributed by atoms with van der Waals surface area (Å²) in [6.07, 6.45) is 1.44. The van der Waals surface area contributed by atoms with Gasteiger partial charge in [-0.25, -0.2) is 0 Å². The quantitative estimate of drug-likeness (QED) is 0.433. The molecule has 0 bridgehead atoms. The molecule has 39 heavy (non-hydrogen) atoms. The van der Waals surface area contributed by atoms with E-state index in [4.69, 9.17) is 9.47 Å². The number of hydrogen-bond acceptors (Lipinski definition) is 5. The van der Waals surface area contributed by atoms with E-state index in [2.05, 4.69) is 17.6 Å². The second kappa shape index (κ2) is 10.4. The molecular weight excluding hydrogens is 494 g/mol. The molecule has 3 aromatic rings. The van der Waals surface area contributed by atoms with Crippen LogP contribution < -0.4 is 20.1 Å². The molecule has 2 aliphatic rings. The van der Waals surface area contributed by atoms with Gasteiger partial charge >= 0.3 is 0 Å². The Morgan fingerprint density at radius 3 is 2.18 bits per heavy atom. The Bertz CT molecular complexity index is 1360. The average molecular weight is 528 g/mol. The van der Waals surface area contributed by atoms with Crippen LogP contribution in [0.15, 0.2) is 78.9 Å². The summed E-state index contributed by atoms with van der Waals surface area (Å²) in [5, 5.41) is 5.71. The fraction of sp³-hybridized carbons (Fsp3) is 0.323. The molecule has 0 aromatic heterocycles. The third-order valence-electron chi connectivity index (χ3n) is 8.09. The molecule has 0 radical (unpaired) electrons. The molecule has 8 nitrogen and oxygen atoms in total. The van der Waals surface area contributed by atoms with E-state index in [1.807, 2.05) is 61.5 Å². The minimum atomic E-state index is -0.578. The number of methoxy groups -OCH3 is 1. The number of nitrogens with zero attached hydrogens (tertiary/aromatic N) is 1. The van der Waals surface area contributed by atoms with Gasteiger partial charge in [-0.3, -0.25) is 14.4 Å². The smallest absolute Gasteiger partial charge is 0.251 e. The van der Waals surface area contributed by atoms with Crippen molar-refractivity contribution in [2.24, 2.45) is 5.41 Å². The molecule has 202 valence electrons. The molecular formula is C31H33N3O5. The summed E-state index contributed by atoms with van der Waals surface area (Å²) in [6, 6.07) is 23.0. The Morgan fingerprint density at radius 1 is 0.872 bits per heavy atom. The molecule has 1 aliphatic carbocycles. The van der Waals surface area contributed by atoms with Crippen molar-refractivity contribution in [3.63, 3.8) is 0 Å². The summed E-state index contributed by atoms with van der Waals surface area (Å²) in [7, 11) is 1.61. The highest BCUT2D eigenvalue weighted by Gasteiger charge is 2.72. The van der Waals surface area contributed by atoms with Crippen molar-refractivity contribution < 1.29 is 23.9 Å². The topological polar surface area (TPSA) is 97.0 Å². The normalized spacial score (nSPS) is 22.9. The van der Waals surface area contributed by atoms with Crippen LogP contribution in [0.3, 0.4) is 0 Å². The maximum absolute atomic E-state index is 13.4. The largest absolute Gasteiger partial charge is 0.497 e. The van der Waals surface area contributed by atoms with Gasteiger partial charge in [-0.05, 0) is 79.3 Å². The number of piperidine rings is 1. The van der Waals surface area contributed by atoms with E-state index < -0.39 is 11.6 Å². The van der Waals surface area contributed by atoms with Gasteiger partial charge in [0.05, 0.1) is 13.7 Å². The van der Waals surface area contributed by atoms with Gasteiger partial charge in [-0.1, -0.05) is 37.3 Å². The number of carbonyl (C=O) groups is 3. The van der Waals surface area contributed by atoms with Crippen LogP contribution in [0.25, 0.3) is 0 Å². The van der Waals surface area contributed by atoms with E-state index in [0.29, 0.717) is 30.0 Å². The van der Waals surface area contributed by atoms with Crippen LogP contribution in [0.1, 0.15) is 42.6 Å². The maximum Gasteiger partial charge on any atom is 0.251 e. The van der Waals surface area contributed by atoms with Crippen molar-refractivity contribution in [2.75, 3.05) is 13.7 Å². The highest BCUT2D eigenvalue weighted by Crippen LogP contribution is 2.67. The van der Waals surface area contributed by atoms with Crippen molar-refractivity contribution in [1.82, 2.24) is 15.5 Å². The van der Waals surface area contributed by atoms with Crippen LogP contribution in [-0.2, 0) is 16.1 Å². The first kappa shape index (κ1) is 26.3. The summed E-state index contributed by atoms with van der Waals surface area (Å²) < 4.78 is 11.0. The molecule has 2 N–H and O–H groups in total. The Labute approximate surface area is 228 Å². The van der Waals surface area contributed by atoms with Gasteiger partial charge in [0.1, 0.15) is 23.3 Å². The van der Waals surface area contributed by atoms with Crippen LogP contribution in [0.5, 0.6) is 17.2 Å². The predicted molar refractivity (Wildman–Crippen MR) is 147 cm³/mol. The van der Waals surface area contributed by atoms with Gasteiger partial charge in [0.2, 0.25) is 11.8 Å². The van der Waals surface area contributed by atoms with E-state index in [0.717, 1.165) is 17.7 Å². The Morgan fingerprint density at radius 2 is 1.51 bits per heavy atom. The number of carbonyl (C=O) groups excluding carboxylic acids is 3. The number of hydrogen-bond donors (Lipinski definition) is 2. The van der Waals surface area contributed by atoms with E-state index in [1.165, 1.54) is 0 Å². The molecule has 1 aliphatic heterocycles. The fourth-order valence-electron chi connectivity index (χ4n) is 5.60. The van der Waals surface area contributed by atoms with Gasteiger partial charge < -0.3 is 25.0 Å². The van der Waals surface area contributed by atoms with E-state index in [-0.39, 0.29) is 29.7 Å². The summed E-state index contributed by atoms with van der Waals surface area (Å²) >= 11 is 0. The molecule has 5 rings (SSSR count). The first-order valence-corrected chi connectivity index (χ1v) is 13.1. The number of ether oxygens (including phenoxy) is 2. The molecule has 1 saturated heterocycles. The van der Waals surface area contributed by atoms with Crippen LogP contribution >= 0.6 is 0 Å². The molecule has 1 saturated carbocycles. The number of fused-ring (bicyclic) bond motifs is 1. The second-order valence-corrected chi connectivity index (χ2v) is 10.7. The summed E-state index contributed by atoms with van der Waals surface area (Å²) in [5.41, 5.74) is 0.854. The average Bonchev–Trinajstić information content (AvgIpc) is 3.41. The zero-order valence-corrected chi connectivity index (χ0v) is 22.4. The van der Waals surface area contributed by atoms with Crippen molar-refractivity contribution in [2.45, 2.75) is 44.8 Å². The SMILES string of the molecule is COc1ccc(CNC(=O)[C@@H]2C[C@]3(C)CC3(C)N2C(=O)CNC(=O)c2ccc(Oc3ccccc3)cc2)cc1. The van der Waals surface area contributed by atoms with Crippen LogP contribution in [0, 0.1) is 5.41 Å². The Kier molecular flexibility index (Phi) is 7.04. The summed E-state index contributed by atoms with van der Waals surface area (Å²) in [6.45, 7) is 4.31. The standard InChI is InChI=1S/C31H33N3O5/c1-30-17-26(29(37)32-18-21-9-13-23(38-3)14-10-21)34(31(30,2)20-30)27(35)19-33-28(36)22-11-15-25(16-12-22)39-24-7-5-4-6-8-24/h4-16,26H,17-20H2,1-3H3,(H,32,37)(H,33,36)/t26-,30+,31?/m0/s1. The molecule has 1 unspecified atom stereocenters. The minimum absolute atomic E-state index is 0.108.